The lowest BCUT2D eigenvalue weighted by atomic mass is 9.79. The van der Waals surface area contributed by atoms with Gasteiger partial charge in [-0.15, -0.1) is 0 Å². The number of ether oxygens (including phenoxy) is 1. The number of benzene rings is 1. The molecule has 1 aromatic rings. The topological polar surface area (TPSA) is 52.9 Å². The maximum absolute atomic E-state index is 9.24. The van der Waals surface area contributed by atoms with Crippen LogP contribution >= 0.6 is 0 Å². The van der Waals surface area contributed by atoms with Gasteiger partial charge in [-0.05, 0) is 31.4 Å². The molecule has 0 aliphatic carbocycles. The minimum Gasteiger partial charge on any atom is -0.496 e. The van der Waals surface area contributed by atoms with Gasteiger partial charge in [0.1, 0.15) is 5.75 Å². The highest BCUT2D eigenvalue weighted by Gasteiger charge is 2.18. The summed E-state index contributed by atoms with van der Waals surface area (Å²) in [5.74, 6) is 1.33. The van der Waals surface area contributed by atoms with E-state index >= 15 is 0 Å². The van der Waals surface area contributed by atoms with Gasteiger partial charge in [-0.3, -0.25) is 4.90 Å². The summed E-state index contributed by atoms with van der Waals surface area (Å²) in [6, 6.07) is 5.66. The van der Waals surface area contributed by atoms with Crippen molar-refractivity contribution in [1.82, 2.24) is 4.90 Å². The predicted molar refractivity (Wildman–Crippen MR) is 78.6 cm³/mol. The van der Waals surface area contributed by atoms with E-state index < -0.39 is 7.12 Å². The predicted octanol–water partition coefficient (Wildman–Crippen LogP) is 0.851. The third-order valence-corrected chi connectivity index (χ3v) is 3.68. The molecule has 0 spiro atoms. The van der Waals surface area contributed by atoms with Gasteiger partial charge in [0.15, 0.2) is 0 Å². The molecule has 2 N–H and O–H groups in total. The highest BCUT2D eigenvalue weighted by molar-refractivity contribution is 6.58. The summed E-state index contributed by atoms with van der Waals surface area (Å²) in [6.45, 7) is 7.27. The Bertz CT molecular complexity index is 410. The third kappa shape index (κ3) is 4.23. The lowest BCUT2D eigenvalue weighted by molar-refractivity contribution is 0.198. The van der Waals surface area contributed by atoms with Crippen molar-refractivity contribution < 1.29 is 14.8 Å². The van der Waals surface area contributed by atoms with Gasteiger partial charge < -0.3 is 14.8 Å². The zero-order valence-electron chi connectivity index (χ0n) is 12.4. The summed E-state index contributed by atoms with van der Waals surface area (Å²) < 4.78 is 5.33. The Morgan fingerprint density at radius 2 is 1.89 bits per heavy atom. The summed E-state index contributed by atoms with van der Waals surface area (Å²) in [4.78, 5) is 2.23. The van der Waals surface area contributed by atoms with E-state index in [2.05, 4.69) is 32.7 Å². The molecule has 0 saturated heterocycles. The molecule has 1 unspecified atom stereocenters. The molecule has 0 bridgehead atoms. The molecule has 5 heteroatoms. The molecular formula is C14H24BNO3. The van der Waals surface area contributed by atoms with Crippen LogP contribution in [0.15, 0.2) is 18.2 Å². The van der Waals surface area contributed by atoms with E-state index in [1.807, 2.05) is 0 Å². The van der Waals surface area contributed by atoms with Crippen LogP contribution in [0.4, 0.5) is 0 Å². The lowest BCUT2D eigenvalue weighted by Gasteiger charge is -2.28. The minimum atomic E-state index is -1.45. The SMILES string of the molecule is COc1ccc(B(O)O)cc1CN(C)C(C)C(C)C. The highest BCUT2D eigenvalue weighted by atomic mass is 16.5. The van der Waals surface area contributed by atoms with E-state index in [0.717, 1.165) is 11.3 Å². The highest BCUT2D eigenvalue weighted by Crippen LogP contribution is 2.20. The molecule has 0 saturated carbocycles. The fourth-order valence-electron chi connectivity index (χ4n) is 2.00. The monoisotopic (exact) mass is 265 g/mol. The summed E-state index contributed by atoms with van der Waals surface area (Å²) in [5.41, 5.74) is 1.45. The van der Waals surface area contributed by atoms with Crippen LogP contribution in [0.2, 0.25) is 0 Å². The zero-order valence-corrected chi connectivity index (χ0v) is 12.4. The Labute approximate surface area is 116 Å². The quantitative estimate of drug-likeness (QED) is 0.749. The Morgan fingerprint density at radius 1 is 1.26 bits per heavy atom. The summed E-state index contributed by atoms with van der Waals surface area (Å²) >= 11 is 0. The van der Waals surface area contributed by atoms with E-state index in [0.29, 0.717) is 24.0 Å². The molecule has 1 rings (SSSR count). The fourth-order valence-corrected chi connectivity index (χ4v) is 2.00. The van der Waals surface area contributed by atoms with Gasteiger partial charge in [-0.1, -0.05) is 26.0 Å². The van der Waals surface area contributed by atoms with Crippen LogP contribution in [0, 0.1) is 5.92 Å². The van der Waals surface area contributed by atoms with Crippen molar-refractivity contribution in [3.63, 3.8) is 0 Å². The van der Waals surface area contributed by atoms with E-state index in [1.165, 1.54) is 0 Å². The first-order valence-corrected chi connectivity index (χ1v) is 6.60. The van der Waals surface area contributed by atoms with Crippen LogP contribution in [-0.2, 0) is 6.54 Å². The van der Waals surface area contributed by atoms with E-state index in [1.54, 1.807) is 25.3 Å². The van der Waals surface area contributed by atoms with Crippen LogP contribution in [0.5, 0.6) is 5.75 Å². The molecule has 0 radical (unpaired) electrons. The van der Waals surface area contributed by atoms with Crippen LogP contribution in [0.25, 0.3) is 0 Å². The van der Waals surface area contributed by atoms with Crippen LogP contribution in [0.3, 0.4) is 0 Å². The maximum Gasteiger partial charge on any atom is 0.488 e. The van der Waals surface area contributed by atoms with Gasteiger partial charge in [-0.2, -0.15) is 0 Å². The second-order valence-electron chi connectivity index (χ2n) is 5.34. The number of hydrogen-bond donors (Lipinski definition) is 2. The summed E-state index contributed by atoms with van der Waals surface area (Å²) in [5, 5.41) is 18.5. The van der Waals surface area contributed by atoms with E-state index in [9.17, 15) is 10.0 Å². The molecule has 0 fully saturated rings. The second-order valence-corrected chi connectivity index (χ2v) is 5.34. The zero-order chi connectivity index (χ0) is 14.6. The average Bonchev–Trinajstić information content (AvgIpc) is 2.37. The number of methoxy groups -OCH3 is 1. The normalized spacial score (nSPS) is 12.9. The first-order valence-electron chi connectivity index (χ1n) is 6.60. The molecule has 0 aromatic heterocycles. The van der Waals surface area contributed by atoms with Gasteiger partial charge in [0.2, 0.25) is 0 Å². The molecule has 0 aliphatic heterocycles. The summed E-state index contributed by atoms with van der Waals surface area (Å²) in [6.07, 6.45) is 0. The fraction of sp³-hybridized carbons (Fsp3) is 0.571. The van der Waals surface area contributed by atoms with Crippen molar-refractivity contribution in [2.45, 2.75) is 33.4 Å². The number of hydrogen-bond acceptors (Lipinski definition) is 4. The van der Waals surface area contributed by atoms with Gasteiger partial charge in [0.05, 0.1) is 7.11 Å². The first-order chi connectivity index (χ1) is 8.86. The summed E-state index contributed by atoms with van der Waals surface area (Å²) in [7, 11) is 2.24. The Hall–Kier alpha value is -1.04. The third-order valence-electron chi connectivity index (χ3n) is 3.68. The molecule has 1 aromatic carbocycles. The van der Waals surface area contributed by atoms with Gasteiger partial charge >= 0.3 is 7.12 Å². The number of nitrogens with zero attached hydrogens (tertiary/aromatic N) is 1. The van der Waals surface area contributed by atoms with E-state index in [-0.39, 0.29) is 0 Å². The molecule has 0 aliphatic rings. The molecule has 0 heterocycles. The smallest absolute Gasteiger partial charge is 0.488 e. The number of rotatable bonds is 6. The van der Waals surface area contributed by atoms with E-state index in [4.69, 9.17) is 4.74 Å². The van der Waals surface area contributed by atoms with Crippen molar-refractivity contribution >= 4 is 12.6 Å². The van der Waals surface area contributed by atoms with Gasteiger partial charge in [0.25, 0.3) is 0 Å². The standard InChI is InChI=1S/C14H24BNO3/c1-10(2)11(3)16(4)9-12-8-13(15(17)18)6-7-14(12)19-5/h6-8,10-11,17-18H,9H2,1-5H3. The Morgan fingerprint density at radius 3 is 2.37 bits per heavy atom. The van der Waals surface area contributed by atoms with Gasteiger partial charge in [-0.25, -0.2) is 0 Å². The lowest BCUT2D eigenvalue weighted by Crippen LogP contribution is -2.34. The molecule has 106 valence electrons. The van der Waals surface area contributed by atoms with Crippen molar-refractivity contribution in [2.75, 3.05) is 14.2 Å². The molecular weight excluding hydrogens is 241 g/mol. The van der Waals surface area contributed by atoms with Crippen LogP contribution < -0.4 is 10.2 Å². The average molecular weight is 265 g/mol. The van der Waals surface area contributed by atoms with Crippen molar-refractivity contribution in [1.29, 1.82) is 0 Å². The molecule has 0 amide bonds. The Kier molecular flexibility index (Phi) is 5.85. The second kappa shape index (κ2) is 6.94. The molecule has 1 atom stereocenters. The van der Waals surface area contributed by atoms with Gasteiger partial charge in [0, 0.05) is 18.2 Å². The van der Waals surface area contributed by atoms with Crippen molar-refractivity contribution in [3.05, 3.63) is 23.8 Å². The van der Waals surface area contributed by atoms with Crippen LogP contribution in [0.1, 0.15) is 26.3 Å². The van der Waals surface area contributed by atoms with Crippen molar-refractivity contribution in [2.24, 2.45) is 5.92 Å². The molecule has 19 heavy (non-hydrogen) atoms. The minimum absolute atomic E-state index is 0.437. The first kappa shape index (κ1) is 16.0. The maximum atomic E-state index is 9.24. The van der Waals surface area contributed by atoms with Crippen LogP contribution in [-0.4, -0.2) is 42.3 Å². The van der Waals surface area contributed by atoms with Crippen molar-refractivity contribution in [3.8, 4) is 5.75 Å². The largest absolute Gasteiger partial charge is 0.496 e. The Balaban J connectivity index is 2.94. The molecule has 4 nitrogen and oxygen atoms in total.